The lowest BCUT2D eigenvalue weighted by atomic mass is 9.82. The molecule has 0 aliphatic heterocycles. The average Bonchev–Trinajstić information content (AvgIpc) is 3.36. The molecule has 34 heavy (non-hydrogen) atoms. The van der Waals surface area contributed by atoms with E-state index in [1.54, 1.807) is 0 Å². The van der Waals surface area contributed by atoms with Crippen LogP contribution >= 0.6 is 22.7 Å². The van der Waals surface area contributed by atoms with Crippen LogP contribution in [-0.2, 0) is 11.8 Å². The highest BCUT2D eigenvalue weighted by Gasteiger charge is 2.20. The fraction of sp³-hybridized carbons (Fsp3) is 0.258. The number of hydrogen-bond acceptors (Lipinski definition) is 3. The van der Waals surface area contributed by atoms with Crippen molar-refractivity contribution in [3.63, 3.8) is 0 Å². The molecule has 0 atom stereocenters. The maximum Gasteiger partial charge on any atom is 0.0880 e. The van der Waals surface area contributed by atoms with E-state index in [1.807, 2.05) is 28.9 Å². The van der Waals surface area contributed by atoms with Crippen LogP contribution in [0.4, 0.5) is 0 Å². The maximum absolute atomic E-state index is 4.93. The van der Waals surface area contributed by atoms with Crippen molar-refractivity contribution >= 4 is 63.7 Å². The normalized spacial score (nSPS) is 12.6. The van der Waals surface area contributed by atoms with Gasteiger partial charge in [0.05, 0.1) is 10.4 Å². The van der Waals surface area contributed by atoms with Crippen LogP contribution in [-0.4, -0.2) is 4.98 Å². The predicted octanol–water partition coefficient (Wildman–Crippen LogP) is 9.98. The van der Waals surface area contributed by atoms with Crippen LogP contribution in [0, 0.1) is 5.92 Å². The molecule has 0 saturated carbocycles. The fourth-order valence-electron chi connectivity index (χ4n) is 5.15. The molecule has 0 spiro atoms. The van der Waals surface area contributed by atoms with Crippen LogP contribution in [0.15, 0.2) is 66.2 Å². The number of benzene rings is 3. The molecule has 3 aromatic carbocycles. The third-order valence-electron chi connectivity index (χ3n) is 6.73. The van der Waals surface area contributed by atoms with Crippen molar-refractivity contribution in [2.45, 2.75) is 46.5 Å². The van der Waals surface area contributed by atoms with Gasteiger partial charge in [0.15, 0.2) is 0 Å². The van der Waals surface area contributed by atoms with E-state index in [9.17, 15) is 0 Å². The topological polar surface area (TPSA) is 12.9 Å². The van der Waals surface area contributed by atoms with Gasteiger partial charge >= 0.3 is 0 Å². The van der Waals surface area contributed by atoms with Gasteiger partial charge in [0.25, 0.3) is 0 Å². The summed E-state index contributed by atoms with van der Waals surface area (Å²) in [6, 6.07) is 20.5. The van der Waals surface area contributed by atoms with Crippen molar-refractivity contribution in [3.8, 4) is 11.3 Å². The monoisotopic (exact) mass is 479 g/mol. The second kappa shape index (κ2) is 7.90. The van der Waals surface area contributed by atoms with E-state index in [0.29, 0.717) is 5.92 Å². The fourth-order valence-corrected chi connectivity index (χ4v) is 7.45. The molecule has 170 valence electrons. The Morgan fingerprint density at radius 1 is 0.853 bits per heavy atom. The summed E-state index contributed by atoms with van der Waals surface area (Å²) in [6.45, 7) is 11.5. The minimum atomic E-state index is 0.0564. The summed E-state index contributed by atoms with van der Waals surface area (Å²) in [5.74, 6) is 0.661. The van der Waals surface area contributed by atoms with Gasteiger partial charge in [0, 0.05) is 31.9 Å². The Morgan fingerprint density at radius 3 is 2.47 bits per heavy atom. The quantitative estimate of drug-likeness (QED) is 0.246. The van der Waals surface area contributed by atoms with E-state index in [0.717, 1.165) is 12.1 Å². The first-order chi connectivity index (χ1) is 16.3. The van der Waals surface area contributed by atoms with Gasteiger partial charge in [-0.3, -0.25) is 4.98 Å². The zero-order chi connectivity index (χ0) is 23.6. The van der Waals surface area contributed by atoms with Crippen LogP contribution in [0.3, 0.4) is 0 Å². The zero-order valence-electron chi connectivity index (χ0n) is 20.4. The molecule has 0 unspecified atom stereocenters. The third-order valence-corrected chi connectivity index (χ3v) is 8.90. The molecule has 1 nitrogen and oxygen atoms in total. The minimum Gasteiger partial charge on any atom is -0.255 e. The lowest BCUT2D eigenvalue weighted by molar-refractivity contribution is 0.596. The third kappa shape index (κ3) is 3.54. The molecular formula is C31H29NS2. The highest BCUT2D eigenvalue weighted by Crippen LogP contribution is 2.43. The molecule has 0 bridgehead atoms. The van der Waals surface area contributed by atoms with Gasteiger partial charge in [-0.05, 0) is 80.8 Å². The molecule has 0 amide bonds. The molecule has 0 aliphatic rings. The highest BCUT2D eigenvalue weighted by atomic mass is 32.1. The Kier molecular flexibility index (Phi) is 5.05. The molecule has 0 saturated heterocycles. The summed E-state index contributed by atoms with van der Waals surface area (Å²) in [7, 11) is 0. The number of aromatic nitrogens is 1. The van der Waals surface area contributed by atoms with Crippen LogP contribution in [0.5, 0.6) is 0 Å². The highest BCUT2D eigenvalue weighted by molar-refractivity contribution is 7.26. The molecule has 6 rings (SSSR count). The Balaban J connectivity index is 1.61. The second-order valence-electron chi connectivity index (χ2n) is 10.8. The van der Waals surface area contributed by atoms with Crippen molar-refractivity contribution < 1.29 is 0 Å². The summed E-state index contributed by atoms with van der Waals surface area (Å²) < 4.78 is 4.03. The maximum atomic E-state index is 4.93. The first-order valence-electron chi connectivity index (χ1n) is 12.0. The summed E-state index contributed by atoms with van der Waals surface area (Å²) in [5.41, 5.74) is 5.22. The van der Waals surface area contributed by atoms with E-state index < -0.39 is 0 Å². The number of hydrogen-bond donors (Lipinski definition) is 0. The van der Waals surface area contributed by atoms with Crippen LogP contribution in [0.2, 0.25) is 0 Å². The standard InChI is InChI=1S/C31H29NS2/c1-18(2)12-21-17-33-27-16-28-25(15-24(21)27)23-10-11-32-29(30(23)34-28)20-13-19-8-6-7-9-22(19)26(14-20)31(3,4)5/h6-11,13-18H,12H2,1-5H3. The Hall–Kier alpha value is -2.75. The molecule has 3 aromatic heterocycles. The van der Waals surface area contributed by atoms with E-state index in [2.05, 4.69) is 94.6 Å². The van der Waals surface area contributed by atoms with Crippen LogP contribution in [0.1, 0.15) is 45.7 Å². The van der Waals surface area contributed by atoms with E-state index in [4.69, 9.17) is 4.98 Å². The van der Waals surface area contributed by atoms with Crippen molar-refractivity contribution in [2.75, 3.05) is 0 Å². The number of nitrogens with zero attached hydrogens (tertiary/aromatic N) is 1. The number of rotatable bonds is 3. The molecule has 0 fully saturated rings. The van der Waals surface area contributed by atoms with E-state index >= 15 is 0 Å². The van der Waals surface area contributed by atoms with Gasteiger partial charge < -0.3 is 0 Å². The van der Waals surface area contributed by atoms with E-state index in [-0.39, 0.29) is 5.41 Å². The summed E-state index contributed by atoms with van der Waals surface area (Å²) >= 11 is 3.76. The number of fused-ring (bicyclic) bond motifs is 5. The van der Waals surface area contributed by atoms with Crippen LogP contribution in [0.25, 0.3) is 52.3 Å². The number of pyridine rings is 1. The lowest BCUT2D eigenvalue weighted by Crippen LogP contribution is -2.12. The molecule has 3 heterocycles. The molecule has 6 aromatic rings. The van der Waals surface area contributed by atoms with Gasteiger partial charge in [-0.1, -0.05) is 58.9 Å². The van der Waals surface area contributed by atoms with Crippen LogP contribution < -0.4 is 0 Å². The van der Waals surface area contributed by atoms with Crippen molar-refractivity contribution in [1.82, 2.24) is 4.98 Å². The van der Waals surface area contributed by atoms with E-state index in [1.165, 1.54) is 57.7 Å². The average molecular weight is 480 g/mol. The molecule has 0 radical (unpaired) electrons. The Bertz CT molecular complexity index is 1690. The first-order valence-corrected chi connectivity index (χ1v) is 13.7. The molecular weight excluding hydrogens is 450 g/mol. The van der Waals surface area contributed by atoms with Gasteiger partial charge in [0.2, 0.25) is 0 Å². The van der Waals surface area contributed by atoms with Gasteiger partial charge in [0.1, 0.15) is 0 Å². The molecule has 0 aliphatic carbocycles. The summed E-state index contributed by atoms with van der Waals surface area (Å²) in [6.07, 6.45) is 3.12. The largest absolute Gasteiger partial charge is 0.255 e. The predicted molar refractivity (Wildman–Crippen MR) is 153 cm³/mol. The van der Waals surface area contributed by atoms with Crippen molar-refractivity contribution in [2.24, 2.45) is 5.92 Å². The van der Waals surface area contributed by atoms with Gasteiger partial charge in [-0.2, -0.15) is 0 Å². The molecule has 0 N–H and O–H groups in total. The zero-order valence-corrected chi connectivity index (χ0v) is 22.0. The number of thiophene rings is 2. The minimum absolute atomic E-state index is 0.0564. The SMILES string of the molecule is CC(C)Cc1csc2cc3sc4c(-c5cc(C(C)(C)C)c6ccccc6c5)nccc4c3cc12. The second-order valence-corrected chi connectivity index (χ2v) is 12.8. The van der Waals surface area contributed by atoms with Gasteiger partial charge in [-0.15, -0.1) is 22.7 Å². The summed E-state index contributed by atoms with van der Waals surface area (Å²) in [4.78, 5) is 4.93. The lowest BCUT2D eigenvalue weighted by Gasteiger charge is -2.22. The Morgan fingerprint density at radius 2 is 1.68 bits per heavy atom. The smallest absolute Gasteiger partial charge is 0.0880 e. The van der Waals surface area contributed by atoms with Crippen molar-refractivity contribution in [3.05, 3.63) is 77.3 Å². The van der Waals surface area contributed by atoms with Gasteiger partial charge in [-0.25, -0.2) is 0 Å². The van der Waals surface area contributed by atoms with Crippen molar-refractivity contribution in [1.29, 1.82) is 0 Å². The Labute approximate surface area is 209 Å². The summed E-state index contributed by atoms with van der Waals surface area (Å²) in [5, 5.41) is 9.07. The molecule has 3 heteroatoms. The first kappa shape index (κ1) is 21.8.